The topological polar surface area (TPSA) is 20.2 Å². The number of nitrogens with one attached hydrogen (secondary N) is 1. The lowest BCUT2D eigenvalue weighted by atomic mass is 10.1. The predicted octanol–water partition coefficient (Wildman–Crippen LogP) is 3.87. The Bertz CT molecular complexity index is 782. The van der Waals surface area contributed by atoms with Crippen molar-refractivity contribution in [3.63, 3.8) is 0 Å². The van der Waals surface area contributed by atoms with Gasteiger partial charge in [0.05, 0.1) is 0 Å². The van der Waals surface area contributed by atoms with Crippen LogP contribution in [0, 0.1) is 0 Å². The van der Waals surface area contributed by atoms with Crippen molar-refractivity contribution in [3.8, 4) is 0 Å². The maximum atomic E-state index is 3.57. The zero-order chi connectivity index (χ0) is 16.5. The summed E-state index contributed by atoms with van der Waals surface area (Å²) in [5.74, 6) is 0. The zero-order valence-electron chi connectivity index (χ0n) is 14.7. The van der Waals surface area contributed by atoms with Crippen molar-refractivity contribution < 1.29 is 0 Å². The van der Waals surface area contributed by atoms with E-state index in [0.29, 0.717) is 12.1 Å². The highest BCUT2D eigenvalue weighted by atomic mass is 15.2. The molecule has 1 N–H and O–H groups in total. The van der Waals surface area contributed by atoms with E-state index in [2.05, 4.69) is 77.2 Å². The summed E-state index contributed by atoms with van der Waals surface area (Å²) in [6.45, 7) is 9.14. The minimum atomic E-state index is 0.606. The molecule has 4 rings (SSSR count). The summed E-state index contributed by atoms with van der Waals surface area (Å²) in [6, 6.07) is 18.8. The van der Waals surface area contributed by atoms with Crippen LogP contribution < -0.4 is 5.32 Å². The Morgan fingerprint density at radius 2 is 1.54 bits per heavy atom. The summed E-state index contributed by atoms with van der Waals surface area (Å²) in [4.78, 5) is 2.63. The molecule has 3 heteroatoms. The van der Waals surface area contributed by atoms with Gasteiger partial charge in [-0.25, -0.2) is 0 Å². The predicted molar refractivity (Wildman–Crippen MR) is 103 cm³/mol. The number of piperazine rings is 1. The minimum Gasteiger partial charge on any atom is -0.340 e. The van der Waals surface area contributed by atoms with E-state index in [0.717, 1.165) is 19.6 Å². The Balaban J connectivity index is 1.56. The Hall–Kier alpha value is -1.84. The second-order valence-electron chi connectivity index (χ2n) is 7.19. The van der Waals surface area contributed by atoms with Crippen molar-refractivity contribution in [2.24, 2.45) is 0 Å². The minimum absolute atomic E-state index is 0.606. The summed E-state index contributed by atoms with van der Waals surface area (Å²) in [6.07, 6.45) is 1.19. The van der Waals surface area contributed by atoms with E-state index < -0.39 is 0 Å². The van der Waals surface area contributed by atoms with Crippen LogP contribution in [0.3, 0.4) is 0 Å². The highest BCUT2D eigenvalue weighted by Crippen LogP contribution is 2.28. The molecule has 1 saturated heterocycles. The monoisotopic (exact) mass is 321 g/mol. The van der Waals surface area contributed by atoms with Crippen LogP contribution in [0.15, 0.2) is 48.5 Å². The molecule has 3 nitrogen and oxygen atoms in total. The Morgan fingerprint density at radius 1 is 0.917 bits per heavy atom. The Morgan fingerprint density at radius 3 is 2.21 bits per heavy atom. The zero-order valence-corrected chi connectivity index (χ0v) is 14.7. The van der Waals surface area contributed by atoms with Crippen LogP contribution in [0.4, 0.5) is 0 Å². The van der Waals surface area contributed by atoms with Gasteiger partial charge in [-0.05, 0) is 32.4 Å². The van der Waals surface area contributed by atoms with Gasteiger partial charge in [0.2, 0.25) is 0 Å². The highest BCUT2D eigenvalue weighted by Gasteiger charge is 2.21. The third kappa shape index (κ3) is 2.83. The van der Waals surface area contributed by atoms with E-state index in [9.17, 15) is 0 Å². The SMILES string of the molecule is CC1CN(CCCn2c3ccccc3c3ccccc32)C(C)CN1. The number of fused-ring (bicyclic) bond motifs is 3. The number of hydrogen-bond acceptors (Lipinski definition) is 2. The molecule has 1 fully saturated rings. The summed E-state index contributed by atoms with van der Waals surface area (Å²) in [5, 5.41) is 6.31. The van der Waals surface area contributed by atoms with Crippen LogP contribution in [-0.2, 0) is 6.54 Å². The molecular weight excluding hydrogens is 294 g/mol. The number of aromatic nitrogens is 1. The van der Waals surface area contributed by atoms with E-state index in [1.807, 2.05) is 0 Å². The van der Waals surface area contributed by atoms with E-state index in [1.165, 1.54) is 34.8 Å². The van der Waals surface area contributed by atoms with Crippen LogP contribution in [0.2, 0.25) is 0 Å². The average Bonchev–Trinajstić information content (AvgIpc) is 2.93. The molecule has 2 aromatic carbocycles. The Kier molecular flexibility index (Phi) is 4.30. The van der Waals surface area contributed by atoms with Gasteiger partial charge in [0.1, 0.15) is 0 Å². The molecule has 126 valence electrons. The van der Waals surface area contributed by atoms with E-state index in [4.69, 9.17) is 0 Å². The van der Waals surface area contributed by atoms with E-state index in [-0.39, 0.29) is 0 Å². The molecule has 0 spiro atoms. The maximum Gasteiger partial charge on any atom is 0.0491 e. The number of aryl methyl sites for hydroxylation is 1. The van der Waals surface area contributed by atoms with Crippen LogP contribution in [0.25, 0.3) is 21.8 Å². The molecule has 1 aliphatic heterocycles. The number of para-hydroxylation sites is 2. The van der Waals surface area contributed by atoms with Crippen molar-refractivity contribution in [1.29, 1.82) is 0 Å². The lowest BCUT2D eigenvalue weighted by Crippen LogP contribution is -2.54. The molecule has 0 amide bonds. The maximum absolute atomic E-state index is 3.57. The summed E-state index contributed by atoms with van der Waals surface area (Å²) >= 11 is 0. The number of nitrogens with zero attached hydrogens (tertiary/aromatic N) is 2. The first kappa shape index (κ1) is 15.7. The van der Waals surface area contributed by atoms with E-state index >= 15 is 0 Å². The van der Waals surface area contributed by atoms with Gasteiger partial charge in [-0.2, -0.15) is 0 Å². The smallest absolute Gasteiger partial charge is 0.0491 e. The average molecular weight is 321 g/mol. The van der Waals surface area contributed by atoms with Gasteiger partial charge in [-0.1, -0.05) is 36.4 Å². The van der Waals surface area contributed by atoms with Crippen LogP contribution in [0.1, 0.15) is 20.3 Å². The number of hydrogen-bond donors (Lipinski definition) is 1. The molecule has 0 radical (unpaired) electrons. The Labute approximate surface area is 144 Å². The van der Waals surface area contributed by atoms with Crippen molar-refractivity contribution >= 4 is 21.8 Å². The first-order chi connectivity index (χ1) is 11.7. The molecular formula is C21H27N3. The fourth-order valence-electron chi connectivity index (χ4n) is 4.08. The van der Waals surface area contributed by atoms with Gasteiger partial charge < -0.3 is 9.88 Å². The first-order valence-electron chi connectivity index (χ1n) is 9.17. The van der Waals surface area contributed by atoms with Crippen molar-refractivity contribution in [2.75, 3.05) is 19.6 Å². The summed E-state index contributed by atoms with van der Waals surface area (Å²) in [5.41, 5.74) is 2.72. The molecule has 2 atom stereocenters. The van der Waals surface area contributed by atoms with Crippen LogP contribution >= 0.6 is 0 Å². The normalized spacial score (nSPS) is 22.4. The van der Waals surface area contributed by atoms with Gasteiger partial charge >= 0.3 is 0 Å². The molecule has 2 unspecified atom stereocenters. The first-order valence-corrected chi connectivity index (χ1v) is 9.17. The molecule has 3 aromatic rings. The van der Waals surface area contributed by atoms with Crippen LogP contribution in [0.5, 0.6) is 0 Å². The fourth-order valence-corrected chi connectivity index (χ4v) is 4.08. The fraction of sp³-hybridized carbons (Fsp3) is 0.429. The van der Waals surface area contributed by atoms with Gasteiger partial charge in [0.15, 0.2) is 0 Å². The quantitative estimate of drug-likeness (QED) is 0.787. The second-order valence-corrected chi connectivity index (χ2v) is 7.19. The largest absolute Gasteiger partial charge is 0.340 e. The van der Waals surface area contributed by atoms with Gasteiger partial charge in [0.25, 0.3) is 0 Å². The number of benzene rings is 2. The van der Waals surface area contributed by atoms with E-state index in [1.54, 1.807) is 0 Å². The molecule has 1 aliphatic rings. The standard InChI is InChI=1S/C21H27N3/c1-16-15-23(17(2)14-22-16)12-7-13-24-20-10-5-3-8-18(20)19-9-4-6-11-21(19)24/h3-6,8-11,16-17,22H,7,12-15H2,1-2H3. The highest BCUT2D eigenvalue weighted by molar-refractivity contribution is 6.07. The molecule has 0 saturated carbocycles. The lowest BCUT2D eigenvalue weighted by molar-refractivity contribution is 0.143. The molecule has 0 aliphatic carbocycles. The molecule has 24 heavy (non-hydrogen) atoms. The summed E-state index contributed by atoms with van der Waals surface area (Å²) < 4.78 is 2.50. The van der Waals surface area contributed by atoms with Crippen LogP contribution in [-0.4, -0.2) is 41.2 Å². The van der Waals surface area contributed by atoms with Crippen molar-refractivity contribution in [2.45, 2.75) is 38.9 Å². The second kappa shape index (κ2) is 6.58. The third-order valence-corrected chi connectivity index (χ3v) is 5.40. The van der Waals surface area contributed by atoms with Crippen molar-refractivity contribution in [1.82, 2.24) is 14.8 Å². The molecule has 2 heterocycles. The third-order valence-electron chi connectivity index (χ3n) is 5.40. The number of rotatable bonds is 4. The van der Waals surface area contributed by atoms with Gasteiger partial charge in [0, 0.05) is 60.1 Å². The van der Waals surface area contributed by atoms with Crippen molar-refractivity contribution in [3.05, 3.63) is 48.5 Å². The molecule has 0 bridgehead atoms. The van der Waals surface area contributed by atoms with Gasteiger partial charge in [-0.3, -0.25) is 4.90 Å². The van der Waals surface area contributed by atoms with Gasteiger partial charge in [-0.15, -0.1) is 0 Å². The summed E-state index contributed by atoms with van der Waals surface area (Å²) in [7, 11) is 0. The lowest BCUT2D eigenvalue weighted by Gasteiger charge is -2.37. The molecule has 1 aromatic heterocycles.